The summed E-state index contributed by atoms with van der Waals surface area (Å²) in [5.41, 5.74) is -11.5. The van der Waals surface area contributed by atoms with Crippen LogP contribution in [0.3, 0.4) is 0 Å². The number of cyclic esters (lactones) is 1. The standard InChI is InChI=1S/C48H32O31/c49-15-1-9(2-16(50)27(15)56)43(68)79-48-41-40(77-46(71)11-3-17(51)28(57)32(61)23(11)24-12(47(72)78-41)4-18(52)29(58)33(24)62)39-22(74-48)8-73-44(69)10-6-21(55)38(75-37-14(42(66)67)7-20(54)31(60)36(37)65)35(64)26(10)25-13(45(70)76-39)5-19(53)30(59)34(25)63/h1-7,22,39-41,48-65H,8H2,(H,66,67)/t22-,39-,40+,41-,48+/m1/s1. The highest BCUT2D eigenvalue weighted by atomic mass is 16.7. The maximum absolute atomic E-state index is 14.8. The number of carbonyl (C=O) groups excluding carboxylic acids is 5. The highest BCUT2D eigenvalue weighted by Crippen LogP contribution is 2.57. The van der Waals surface area contributed by atoms with Crippen molar-refractivity contribution < 1.29 is 154 Å². The molecule has 0 saturated carbocycles. The number of phenolic OH excluding ortho intramolecular Hbond substituents is 17. The molecule has 31 heteroatoms. The molecule has 0 aromatic heterocycles. The Labute approximate surface area is 433 Å². The van der Waals surface area contributed by atoms with Gasteiger partial charge in [0.15, 0.2) is 87.0 Å². The first-order valence-corrected chi connectivity index (χ1v) is 21.7. The Morgan fingerprint density at radius 2 is 0.810 bits per heavy atom. The van der Waals surface area contributed by atoms with Crippen LogP contribution in [0.15, 0.2) is 42.5 Å². The summed E-state index contributed by atoms with van der Waals surface area (Å²) in [5, 5.41) is 192. The van der Waals surface area contributed by atoms with Gasteiger partial charge in [0.25, 0.3) is 0 Å². The van der Waals surface area contributed by atoms with Crippen molar-refractivity contribution in [2.24, 2.45) is 0 Å². The zero-order valence-corrected chi connectivity index (χ0v) is 38.5. The van der Waals surface area contributed by atoms with E-state index in [2.05, 4.69) is 0 Å². The van der Waals surface area contributed by atoms with Crippen molar-refractivity contribution >= 4 is 35.8 Å². The first-order chi connectivity index (χ1) is 37.1. The van der Waals surface area contributed by atoms with Crippen LogP contribution >= 0.6 is 0 Å². The smallest absolute Gasteiger partial charge is 0.340 e. The molecule has 1 saturated heterocycles. The number of esters is 5. The first kappa shape index (κ1) is 52.4. The second-order valence-corrected chi connectivity index (χ2v) is 16.9. The number of hydrogen-bond acceptors (Lipinski definition) is 30. The summed E-state index contributed by atoms with van der Waals surface area (Å²) in [6.07, 6.45) is -12.7. The number of fused-ring (bicyclic) bond motifs is 9. The maximum Gasteiger partial charge on any atom is 0.340 e. The van der Waals surface area contributed by atoms with E-state index in [0.29, 0.717) is 42.5 Å². The summed E-state index contributed by atoms with van der Waals surface area (Å²) in [4.78, 5) is 84.3. The minimum atomic E-state index is -2.64. The van der Waals surface area contributed by atoms with E-state index < -0.39 is 238 Å². The van der Waals surface area contributed by atoms with Crippen LogP contribution in [0, 0.1) is 0 Å². The number of ether oxygens (including phenoxy) is 7. The number of rotatable bonds is 5. The van der Waals surface area contributed by atoms with E-state index in [0.717, 1.165) is 0 Å². The Balaban J connectivity index is 1.26. The molecule has 0 amide bonds. The van der Waals surface area contributed by atoms with Crippen LogP contribution in [0.1, 0.15) is 62.1 Å². The minimum Gasteiger partial charge on any atom is -0.504 e. The molecule has 3 aliphatic rings. The third-order valence-corrected chi connectivity index (χ3v) is 12.2. The number of aromatic carboxylic acids is 1. The number of carboxylic acid groups (broad SMARTS) is 1. The summed E-state index contributed by atoms with van der Waals surface area (Å²) >= 11 is 0. The lowest BCUT2D eigenvalue weighted by atomic mass is 9.91. The van der Waals surface area contributed by atoms with Crippen molar-refractivity contribution in [2.75, 3.05) is 6.61 Å². The van der Waals surface area contributed by atoms with Crippen molar-refractivity contribution in [3.63, 3.8) is 0 Å². The van der Waals surface area contributed by atoms with Crippen molar-refractivity contribution in [1.82, 2.24) is 0 Å². The fraction of sp³-hybridized carbons (Fsp3) is 0.125. The molecule has 3 heterocycles. The van der Waals surface area contributed by atoms with E-state index in [1.54, 1.807) is 0 Å². The quantitative estimate of drug-likeness (QED) is 0.0670. The molecule has 9 rings (SSSR count). The van der Waals surface area contributed by atoms with Gasteiger partial charge in [0.05, 0.1) is 27.8 Å². The summed E-state index contributed by atoms with van der Waals surface area (Å²) < 4.78 is 39.2. The molecule has 0 spiro atoms. The fourth-order valence-corrected chi connectivity index (χ4v) is 8.52. The molecule has 3 aliphatic heterocycles. The Bertz CT molecular complexity index is 3710. The van der Waals surface area contributed by atoms with Gasteiger partial charge in [-0.05, 0) is 36.4 Å². The third-order valence-electron chi connectivity index (χ3n) is 12.2. The van der Waals surface area contributed by atoms with Gasteiger partial charge in [0, 0.05) is 28.3 Å². The normalized spacial score (nSPS) is 18.7. The van der Waals surface area contributed by atoms with E-state index in [1.165, 1.54) is 0 Å². The molecule has 79 heavy (non-hydrogen) atoms. The van der Waals surface area contributed by atoms with Crippen molar-refractivity contribution in [3.05, 3.63) is 75.8 Å². The highest BCUT2D eigenvalue weighted by Gasteiger charge is 2.56. The topological polar surface area (TPSA) is 531 Å². The zero-order chi connectivity index (χ0) is 57.7. The highest BCUT2D eigenvalue weighted by molar-refractivity contribution is 6.10. The number of benzene rings is 6. The molecule has 1 fully saturated rings. The lowest BCUT2D eigenvalue weighted by Crippen LogP contribution is -2.63. The SMILES string of the molecule is O=C(O[C@@H]1O[C@@H]2COC(=O)c3cc(O)c(Oc4c(C(=O)O)cc(O)c(O)c4O)c(O)c3-c3c(cc(O)c(O)c3O)C(=O)O[C@H]2[C@@H]2OC(=O)c3cc(O)c(O)c(O)c3-c3c(cc(O)c(O)c3O)C(=O)O[C@@H]12)c1cc(O)c(O)c(O)c1. The van der Waals surface area contributed by atoms with Crippen molar-refractivity contribution in [2.45, 2.75) is 30.7 Å². The Morgan fingerprint density at radius 1 is 0.418 bits per heavy atom. The van der Waals surface area contributed by atoms with Gasteiger partial charge in [0.2, 0.25) is 46.9 Å². The number of carbonyl (C=O) groups is 6. The lowest BCUT2D eigenvalue weighted by molar-refractivity contribution is -0.282. The Hall–Kier alpha value is -11.5. The lowest BCUT2D eigenvalue weighted by Gasteiger charge is -2.44. The summed E-state index contributed by atoms with van der Waals surface area (Å²) in [5.74, 6) is -37.5. The van der Waals surface area contributed by atoms with Crippen LogP contribution in [0.4, 0.5) is 0 Å². The molecule has 0 radical (unpaired) electrons. The molecule has 0 aliphatic carbocycles. The summed E-state index contributed by atoms with van der Waals surface area (Å²) in [6.45, 7) is -1.39. The van der Waals surface area contributed by atoms with Gasteiger partial charge < -0.3 is 125 Å². The fourth-order valence-electron chi connectivity index (χ4n) is 8.52. The largest absolute Gasteiger partial charge is 0.504 e. The number of carboxylic acids is 1. The molecular weight excluding hydrogens is 1070 g/mol. The van der Waals surface area contributed by atoms with Crippen LogP contribution < -0.4 is 4.74 Å². The maximum atomic E-state index is 14.8. The van der Waals surface area contributed by atoms with E-state index in [4.69, 9.17) is 33.2 Å². The Kier molecular flexibility index (Phi) is 12.4. The van der Waals surface area contributed by atoms with Crippen LogP contribution in [0.5, 0.6) is 109 Å². The van der Waals surface area contributed by atoms with Gasteiger partial charge in [0.1, 0.15) is 18.3 Å². The first-order valence-electron chi connectivity index (χ1n) is 21.7. The third kappa shape index (κ3) is 8.40. The van der Waals surface area contributed by atoms with Gasteiger partial charge in [-0.1, -0.05) is 0 Å². The minimum absolute atomic E-state index is 0.307. The molecular formula is C48H32O31. The predicted molar refractivity (Wildman–Crippen MR) is 244 cm³/mol. The summed E-state index contributed by atoms with van der Waals surface area (Å²) in [7, 11) is 0. The molecule has 410 valence electrons. The van der Waals surface area contributed by atoms with Crippen molar-refractivity contribution in [1.29, 1.82) is 0 Å². The van der Waals surface area contributed by atoms with Gasteiger partial charge in [-0.2, -0.15) is 0 Å². The van der Waals surface area contributed by atoms with Crippen LogP contribution in [0.2, 0.25) is 0 Å². The van der Waals surface area contributed by atoms with E-state index in [-0.39, 0.29) is 0 Å². The van der Waals surface area contributed by atoms with Crippen LogP contribution in [-0.4, -0.2) is 165 Å². The molecule has 18 N–H and O–H groups in total. The zero-order valence-electron chi connectivity index (χ0n) is 38.5. The average molecular weight is 1100 g/mol. The Morgan fingerprint density at radius 3 is 1.29 bits per heavy atom. The second kappa shape index (κ2) is 18.7. The van der Waals surface area contributed by atoms with E-state index in [9.17, 15) is 121 Å². The molecule has 6 aromatic carbocycles. The number of phenols is 17. The van der Waals surface area contributed by atoms with Gasteiger partial charge in [-0.3, -0.25) is 0 Å². The number of hydrogen-bond donors (Lipinski definition) is 18. The molecule has 5 atom stereocenters. The summed E-state index contributed by atoms with van der Waals surface area (Å²) in [6, 6.07) is 2.79. The molecule has 31 nitrogen and oxygen atoms in total. The van der Waals surface area contributed by atoms with Crippen LogP contribution in [0.25, 0.3) is 22.3 Å². The van der Waals surface area contributed by atoms with Crippen molar-refractivity contribution in [3.8, 4) is 131 Å². The van der Waals surface area contributed by atoms with Crippen LogP contribution in [-0.2, 0) is 28.4 Å². The number of aromatic hydroxyl groups is 17. The second-order valence-electron chi connectivity index (χ2n) is 16.9. The van der Waals surface area contributed by atoms with Gasteiger partial charge in [-0.25, -0.2) is 28.8 Å². The van der Waals surface area contributed by atoms with E-state index in [1.807, 2.05) is 0 Å². The average Bonchev–Trinajstić information content (AvgIpc) is 3.68. The molecule has 0 bridgehead atoms. The van der Waals surface area contributed by atoms with Gasteiger partial charge >= 0.3 is 35.8 Å². The van der Waals surface area contributed by atoms with E-state index >= 15 is 0 Å². The van der Waals surface area contributed by atoms with Gasteiger partial charge in [-0.15, -0.1) is 0 Å². The predicted octanol–water partition coefficient (Wildman–Crippen LogP) is 2.55. The molecule has 0 unspecified atom stereocenters. The monoisotopic (exact) mass is 1100 g/mol. The molecule has 6 aromatic rings.